The van der Waals surface area contributed by atoms with Crippen LogP contribution in [0.2, 0.25) is 0 Å². The molecule has 0 saturated heterocycles. The van der Waals surface area contributed by atoms with Crippen molar-refractivity contribution in [1.82, 2.24) is 20.9 Å². The Kier molecular flexibility index (Phi) is 17.8. The molecule has 1 rings (SSSR count). The van der Waals surface area contributed by atoms with Crippen LogP contribution >= 0.6 is 12.6 Å². The second-order valence-electron chi connectivity index (χ2n) is 6.12. The molecule has 4 amide bonds. The summed E-state index contributed by atoms with van der Waals surface area (Å²) in [6.07, 6.45) is 0. The van der Waals surface area contributed by atoms with Crippen molar-refractivity contribution in [3.05, 3.63) is 29.8 Å². The molecule has 0 atom stereocenters. The van der Waals surface area contributed by atoms with E-state index in [1.54, 1.807) is 24.3 Å². The summed E-state index contributed by atoms with van der Waals surface area (Å²) in [6, 6.07) is 6.47. The molecule has 0 saturated carbocycles. The van der Waals surface area contributed by atoms with Gasteiger partial charge >= 0.3 is 20.1 Å². The molecule has 31 heavy (non-hydrogen) atoms. The Bertz CT molecular complexity index is 701. The van der Waals surface area contributed by atoms with Crippen LogP contribution in [0.5, 0.6) is 0 Å². The Balaban J connectivity index is 0. The van der Waals surface area contributed by atoms with Crippen molar-refractivity contribution >= 4 is 41.9 Å². The first-order valence-electron chi connectivity index (χ1n) is 9.44. The van der Waals surface area contributed by atoms with Crippen molar-refractivity contribution < 1.29 is 44.8 Å². The molecule has 12 heteroatoms. The second-order valence-corrected chi connectivity index (χ2v) is 6.44. The van der Waals surface area contributed by atoms with E-state index in [1.165, 1.54) is 0 Å². The number of benzene rings is 1. The maximum Gasteiger partial charge on any atom is 5.00 e. The molecule has 0 aliphatic carbocycles. The number of anilines is 1. The number of hydrogen-bond donors (Lipinski definition) is 5. The van der Waals surface area contributed by atoms with Crippen LogP contribution in [-0.4, -0.2) is 73.6 Å². The number of amides is 4. The average Bonchev–Trinajstić information content (AvgIpc) is 2.73. The molecule has 10 nitrogen and oxygen atoms in total. The Morgan fingerprint density at radius 2 is 1.42 bits per heavy atom. The van der Waals surface area contributed by atoms with Gasteiger partial charge in [0.2, 0.25) is 17.7 Å². The van der Waals surface area contributed by atoms with Gasteiger partial charge in [0.25, 0.3) is 5.91 Å². The zero-order valence-corrected chi connectivity index (χ0v) is 20.3. The summed E-state index contributed by atoms with van der Waals surface area (Å²) in [5.74, 6) is -1.46. The minimum Gasteiger partial charge on any atom is -2.00 e. The van der Waals surface area contributed by atoms with E-state index in [2.05, 4.69) is 52.6 Å². The molecular weight excluding hydrogens is 509 g/mol. The molecule has 0 bridgehead atoms. The standard InChI is InChI=1S/C19H29N5O4S.O.Tc/c1-3-24(4-2)10-9-20-19(28)14-5-7-15(8-6-14)23-17(26)12-21-16(25)11-22-18(27)13-29;;/h5-8,29H,3-4,9-13H2,1-2H3,(H,20,28)(H,21,25)(H,22,27)(H,23,26);;/q;-2;+5/i;;1+1. The van der Waals surface area contributed by atoms with Gasteiger partial charge in [-0.2, -0.15) is 12.6 Å². The number of nitrogens with zero attached hydrogens (tertiary/aromatic N) is 1. The van der Waals surface area contributed by atoms with Crippen LogP contribution in [0.4, 0.5) is 5.69 Å². The third-order valence-corrected chi connectivity index (χ3v) is 4.36. The van der Waals surface area contributed by atoms with Gasteiger partial charge in [0.1, 0.15) is 0 Å². The van der Waals surface area contributed by atoms with E-state index in [9.17, 15) is 19.2 Å². The van der Waals surface area contributed by atoms with Gasteiger partial charge in [-0.3, -0.25) is 19.2 Å². The van der Waals surface area contributed by atoms with Gasteiger partial charge in [0.15, 0.2) is 0 Å². The van der Waals surface area contributed by atoms with E-state index >= 15 is 0 Å². The molecule has 170 valence electrons. The van der Waals surface area contributed by atoms with E-state index < -0.39 is 11.8 Å². The van der Waals surface area contributed by atoms with Gasteiger partial charge in [-0.05, 0) is 37.4 Å². The Labute approximate surface area is 201 Å². The maximum atomic E-state index is 12.1. The smallest absolute Gasteiger partial charge is 2.00 e. The summed E-state index contributed by atoms with van der Waals surface area (Å²) >= 11 is 3.78. The molecule has 0 unspecified atom stereocenters. The third kappa shape index (κ3) is 13.1. The molecule has 0 aliphatic heterocycles. The SMILES string of the molecule is CCN(CC)CCNC(=O)c1ccc(NC(=O)CNC(=O)CNC(=O)CS)cc1.[99Tc+5].[O-2]. The number of likely N-dealkylation sites (N-methyl/N-ethyl adjacent to an activating group) is 1. The first-order chi connectivity index (χ1) is 13.9. The minimum atomic E-state index is -0.480. The van der Waals surface area contributed by atoms with E-state index in [0.717, 1.165) is 19.6 Å². The summed E-state index contributed by atoms with van der Waals surface area (Å²) in [6.45, 7) is 6.92. The molecule has 0 aliphatic rings. The van der Waals surface area contributed by atoms with Crippen LogP contribution in [0.3, 0.4) is 0 Å². The van der Waals surface area contributed by atoms with Crippen molar-refractivity contribution in [1.29, 1.82) is 0 Å². The van der Waals surface area contributed by atoms with Crippen molar-refractivity contribution in [2.45, 2.75) is 13.8 Å². The van der Waals surface area contributed by atoms with Gasteiger partial charge in [-0.1, -0.05) is 13.8 Å². The first kappa shape index (κ1) is 31.2. The molecular formula is C19H29N5O5STc+3. The molecule has 4 N–H and O–H groups in total. The number of carbonyl (C=O) groups is 4. The van der Waals surface area contributed by atoms with Crippen LogP contribution in [0, 0.1) is 0 Å². The van der Waals surface area contributed by atoms with Gasteiger partial charge in [0.05, 0.1) is 18.8 Å². The summed E-state index contributed by atoms with van der Waals surface area (Å²) in [4.78, 5) is 48.8. The molecule has 1 aromatic rings. The number of nitrogens with one attached hydrogen (secondary N) is 4. The van der Waals surface area contributed by atoms with Crippen LogP contribution in [0.15, 0.2) is 24.3 Å². The normalized spacial score (nSPS) is 9.68. The summed E-state index contributed by atoms with van der Waals surface area (Å²) < 4.78 is 0. The van der Waals surface area contributed by atoms with Crippen LogP contribution in [0.1, 0.15) is 24.2 Å². The molecule has 0 aromatic heterocycles. The number of thiol groups is 1. The van der Waals surface area contributed by atoms with Crippen molar-refractivity contribution in [2.24, 2.45) is 0 Å². The van der Waals surface area contributed by atoms with E-state index in [4.69, 9.17) is 0 Å². The van der Waals surface area contributed by atoms with Gasteiger partial charge < -0.3 is 31.6 Å². The minimum absolute atomic E-state index is 0. The Morgan fingerprint density at radius 1 is 0.871 bits per heavy atom. The molecule has 0 radical (unpaired) electrons. The topological polar surface area (TPSA) is 148 Å². The number of carbonyl (C=O) groups excluding carboxylic acids is 4. The zero-order valence-electron chi connectivity index (χ0n) is 17.6. The average molecular weight is 538 g/mol. The molecule has 0 spiro atoms. The summed E-state index contributed by atoms with van der Waals surface area (Å²) in [5.41, 5.74) is 1.00. The molecule has 0 heterocycles. The second kappa shape index (κ2) is 17.7. The van der Waals surface area contributed by atoms with Crippen molar-refractivity contribution in [3.63, 3.8) is 0 Å². The van der Waals surface area contributed by atoms with Gasteiger partial charge in [0, 0.05) is 24.3 Å². The quantitative estimate of drug-likeness (QED) is 0.233. The number of rotatable bonds is 12. The first-order valence-corrected chi connectivity index (χ1v) is 10.1. The van der Waals surface area contributed by atoms with E-state index in [0.29, 0.717) is 17.8 Å². The fourth-order valence-electron chi connectivity index (χ4n) is 2.36. The largest absolute Gasteiger partial charge is 5.00 e. The van der Waals surface area contributed by atoms with Crippen LogP contribution in [0.25, 0.3) is 0 Å². The van der Waals surface area contributed by atoms with Gasteiger partial charge in [-0.25, -0.2) is 0 Å². The van der Waals surface area contributed by atoms with Crippen LogP contribution < -0.4 is 21.3 Å². The molecule has 1 aromatic carbocycles. The molecule has 0 fully saturated rings. The maximum absolute atomic E-state index is 12.1. The fourth-order valence-corrected chi connectivity index (χ4v) is 2.47. The third-order valence-electron chi connectivity index (χ3n) is 4.07. The van der Waals surface area contributed by atoms with E-state index in [1.807, 2.05) is 0 Å². The Morgan fingerprint density at radius 3 is 1.97 bits per heavy atom. The summed E-state index contributed by atoms with van der Waals surface area (Å²) in [5, 5.41) is 10.2. The van der Waals surface area contributed by atoms with Crippen molar-refractivity contribution in [2.75, 3.05) is 50.3 Å². The Hall–Kier alpha value is -1.98. The zero-order chi connectivity index (χ0) is 21.6. The predicted octanol–water partition coefficient (Wildman–Crippen LogP) is -0.262. The van der Waals surface area contributed by atoms with Crippen LogP contribution in [-0.2, 0) is 40.0 Å². The van der Waals surface area contributed by atoms with Gasteiger partial charge in [-0.15, -0.1) is 0 Å². The summed E-state index contributed by atoms with van der Waals surface area (Å²) in [7, 11) is 0. The van der Waals surface area contributed by atoms with Crippen molar-refractivity contribution in [3.8, 4) is 0 Å². The monoisotopic (exact) mass is 538 g/mol. The fraction of sp³-hybridized carbons (Fsp3) is 0.474. The van der Waals surface area contributed by atoms with E-state index in [-0.39, 0.29) is 56.2 Å². The number of hydrogen-bond acceptors (Lipinski definition) is 6. The predicted molar refractivity (Wildman–Crippen MR) is 116 cm³/mol.